The first-order valence-electron chi connectivity index (χ1n) is 21.8. The van der Waals surface area contributed by atoms with E-state index in [0.29, 0.717) is 45.2 Å². The number of methoxy groups -OCH3 is 1. The molecule has 6 unspecified atom stereocenters. The molecule has 0 saturated heterocycles. The number of hydrogen-bond acceptors (Lipinski definition) is 13. The highest BCUT2D eigenvalue weighted by Gasteiger charge is 2.43. The lowest BCUT2D eigenvalue weighted by Gasteiger charge is -2.46. The third-order valence-electron chi connectivity index (χ3n) is 10.8. The van der Waals surface area contributed by atoms with Gasteiger partial charge in [-0.15, -0.1) is 0 Å². The van der Waals surface area contributed by atoms with E-state index >= 15 is 0 Å². The zero-order valence-corrected chi connectivity index (χ0v) is 40.2. The Morgan fingerprint density at radius 3 is 1.64 bits per heavy atom. The summed E-state index contributed by atoms with van der Waals surface area (Å²) in [7, 11) is 2.30. The van der Waals surface area contributed by atoms with Crippen LogP contribution in [0.25, 0.3) is 0 Å². The Morgan fingerprint density at radius 1 is 0.656 bits per heavy atom. The summed E-state index contributed by atoms with van der Waals surface area (Å²) < 4.78 is 37.3. The largest absolute Gasteiger partial charge is 0.508 e. The molecule has 0 aromatic carbocycles. The molecule has 5 N–H and O–H groups in total. The summed E-state index contributed by atoms with van der Waals surface area (Å²) in [5.74, 6) is 0. The fourth-order valence-corrected chi connectivity index (χ4v) is 10.1. The predicted octanol–water partition coefficient (Wildman–Crippen LogP) is 8.18. The maximum Gasteiger partial charge on any atom is 0.508 e. The van der Waals surface area contributed by atoms with E-state index in [-0.39, 0.29) is 66.4 Å². The van der Waals surface area contributed by atoms with Gasteiger partial charge in [0, 0.05) is 38.4 Å². The second-order valence-electron chi connectivity index (χ2n) is 20.2. The van der Waals surface area contributed by atoms with Gasteiger partial charge in [0.1, 0.15) is 18.4 Å². The molecular formula is C43H80N5O12P. The first-order chi connectivity index (χ1) is 28.3. The molecule has 2 aliphatic rings. The minimum absolute atomic E-state index is 0.0647. The fraction of sp³-hybridized carbons (Fsp3) is 0.884. The van der Waals surface area contributed by atoms with Crippen LogP contribution in [0.3, 0.4) is 0 Å². The van der Waals surface area contributed by atoms with Gasteiger partial charge in [0.25, 0.3) is 0 Å². The standard InChI is InChI=1S/C43H80N5O12P/c1-39(2,3)59-38(53)57-20-14-13-17-21-61(12)60-37(52)48-32-23-41(6,7)28-43(9,25-32)29-45-34(49)55-18-15-16-19-56-36(51)47-31-22-40(4,5)27-42(8,24-31)30-46-35(50)58-26-33(44-10)54-11/h31-33,44H,13-30H2,1-12H3,(H,45,49)(H,46,50)(H,47,51)(H,48,52). The number of rotatable bonds is 22. The van der Waals surface area contributed by atoms with Crippen molar-refractivity contribution in [1.29, 1.82) is 0 Å². The Bertz CT molecular complexity index is 1390. The van der Waals surface area contributed by atoms with E-state index in [4.69, 9.17) is 32.9 Å². The van der Waals surface area contributed by atoms with Crippen molar-refractivity contribution in [2.45, 2.75) is 157 Å². The SMILES string of the molecule is CNC(COC(=O)NCC1(C)CC(NC(=O)OCCCCOC(=O)NCC2(C)CC(NC(=O)OP(C)CCCCCOC(=O)OC(C)(C)C)CC(C)(C)C2)CC(C)(C)C1)OC. The molecular weight excluding hydrogens is 809 g/mol. The minimum atomic E-state index is -0.956. The summed E-state index contributed by atoms with van der Waals surface area (Å²) in [6.07, 6.45) is 5.87. The van der Waals surface area contributed by atoms with Crippen LogP contribution in [-0.4, -0.2) is 121 Å². The molecule has 354 valence electrons. The van der Waals surface area contributed by atoms with Crippen molar-refractivity contribution in [2.75, 3.05) is 66.5 Å². The summed E-state index contributed by atoms with van der Waals surface area (Å²) in [6, 6.07) is -0.230. The molecule has 0 radical (unpaired) electrons. The van der Waals surface area contributed by atoms with Crippen LogP contribution < -0.4 is 26.6 Å². The van der Waals surface area contributed by atoms with E-state index in [1.54, 1.807) is 27.8 Å². The van der Waals surface area contributed by atoms with Crippen molar-refractivity contribution in [1.82, 2.24) is 26.6 Å². The molecule has 2 aliphatic carbocycles. The van der Waals surface area contributed by atoms with Crippen LogP contribution in [0.5, 0.6) is 0 Å². The van der Waals surface area contributed by atoms with Gasteiger partial charge >= 0.3 is 30.5 Å². The summed E-state index contributed by atoms with van der Waals surface area (Å²) >= 11 is 0. The third kappa shape index (κ3) is 23.6. The van der Waals surface area contributed by atoms with Crippen molar-refractivity contribution in [3.05, 3.63) is 0 Å². The Labute approximate surface area is 366 Å². The third-order valence-corrected chi connectivity index (χ3v) is 12.2. The van der Waals surface area contributed by atoms with Crippen LogP contribution in [0.1, 0.15) is 133 Å². The van der Waals surface area contributed by atoms with Crippen LogP contribution in [0.2, 0.25) is 0 Å². The molecule has 6 atom stereocenters. The highest BCUT2D eigenvalue weighted by molar-refractivity contribution is 7.52. The number of hydrogen-bond donors (Lipinski definition) is 5. The molecule has 0 aromatic heterocycles. The van der Waals surface area contributed by atoms with Crippen LogP contribution in [0.15, 0.2) is 0 Å². The lowest BCUT2D eigenvalue weighted by atomic mass is 9.62. The van der Waals surface area contributed by atoms with Crippen molar-refractivity contribution < 1.29 is 56.9 Å². The van der Waals surface area contributed by atoms with Crippen molar-refractivity contribution >= 4 is 38.7 Å². The number of amides is 4. The summed E-state index contributed by atoms with van der Waals surface area (Å²) in [5.41, 5.74) is -1.25. The molecule has 18 heteroatoms. The van der Waals surface area contributed by atoms with Crippen molar-refractivity contribution in [3.63, 3.8) is 0 Å². The molecule has 17 nitrogen and oxygen atoms in total. The molecule has 0 spiro atoms. The van der Waals surface area contributed by atoms with Crippen molar-refractivity contribution in [2.24, 2.45) is 21.7 Å². The number of carbonyl (C=O) groups is 5. The van der Waals surface area contributed by atoms with Crippen LogP contribution >= 0.6 is 8.15 Å². The Balaban J connectivity index is 1.65. The number of carbonyl (C=O) groups excluding carboxylic acids is 5. The Kier molecular flexibility index (Phi) is 22.2. The normalized spacial score (nSPS) is 24.2. The molecule has 0 bridgehead atoms. The molecule has 2 saturated carbocycles. The second-order valence-corrected chi connectivity index (χ2v) is 22.1. The summed E-state index contributed by atoms with van der Waals surface area (Å²) in [5, 5.41) is 14.8. The fourth-order valence-electron chi connectivity index (χ4n) is 9.01. The topological polar surface area (TPSA) is 210 Å². The summed E-state index contributed by atoms with van der Waals surface area (Å²) in [6.45, 7) is 21.7. The number of likely N-dealkylation sites (N-methyl/N-ethyl adjacent to an activating group) is 1. The predicted molar refractivity (Wildman–Crippen MR) is 235 cm³/mol. The van der Waals surface area contributed by atoms with E-state index in [2.05, 4.69) is 68.1 Å². The number of alkyl carbamates (subject to hydrolysis) is 3. The highest BCUT2D eigenvalue weighted by atomic mass is 31.1. The lowest BCUT2D eigenvalue weighted by Crippen LogP contribution is -2.50. The van der Waals surface area contributed by atoms with Gasteiger partial charge in [-0.2, -0.15) is 0 Å². The molecule has 4 amide bonds. The smallest absolute Gasteiger partial charge is 0.450 e. The van der Waals surface area contributed by atoms with E-state index < -0.39 is 44.3 Å². The van der Waals surface area contributed by atoms with Gasteiger partial charge in [-0.05, 0) is 127 Å². The molecule has 0 aliphatic heterocycles. The zero-order chi connectivity index (χ0) is 45.9. The molecule has 61 heavy (non-hydrogen) atoms. The quantitative estimate of drug-likeness (QED) is 0.0229. The average Bonchev–Trinajstić information content (AvgIpc) is 3.10. The lowest BCUT2D eigenvalue weighted by molar-refractivity contribution is -0.00771. The zero-order valence-electron chi connectivity index (χ0n) is 39.3. The molecule has 2 fully saturated rings. The second kappa shape index (κ2) is 25.1. The first-order valence-corrected chi connectivity index (χ1v) is 23.7. The van der Waals surface area contributed by atoms with Gasteiger partial charge in [-0.25, -0.2) is 24.0 Å². The van der Waals surface area contributed by atoms with E-state index in [1.807, 2.05) is 6.66 Å². The maximum atomic E-state index is 12.9. The van der Waals surface area contributed by atoms with Crippen LogP contribution in [-0.2, 0) is 32.9 Å². The number of unbranched alkanes of at least 4 members (excludes halogenated alkanes) is 3. The van der Waals surface area contributed by atoms with Gasteiger partial charge < -0.3 is 54.2 Å². The van der Waals surface area contributed by atoms with Crippen LogP contribution in [0.4, 0.5) is 24.0 Å². The minimum Gasteiger partial charge on any atom is -0.450 e. The van der Waals surface area contributed by atoms with Gasteiger partial charge in [0.15, 0.2) is 0 Å². The van der Waals surface area contributed by atoms with E-state index in [0.717, 1.165) is 44.7 Å². The number of nitrogens with one attached hydrogen (secondary N) is 5. The molecule has 0 aromatic rings. The van der Waals surface area contributed by atoms with Gasteiger partial charge in [-0.1, -0.05) is 41.5 Å². The molecule has 0 heterocycles. The molecule has 2 rings (SSSR count). The average molecular weight is 890 g/mol. The first kappa shape index (κ1) is 53.8. The Morgan fingerprint density at radius 2 is 1.13 bits per heavy atom. The van der Waals surface area contributed by atoms with Gasteiger partial charge in [0.05, 0.1) is 28.0 Å². The van der Waals surface area contributed by atoms with E-state index in [1.165, 1.54) is 7.11 Å². The van der Waals surface area contributed by atoms with Crippen LogP contribution in [0, 0.1) is 21.7 Å². The Hall–Kier alpha value is -3.30. The van der Waals surface area contributed by atoms with Gasteiger partial charge in [0.2, 0.25) is 0 Å². The highest BCUT2D eigenvalue weighted by Crippen LogP contribution is 2.47. The monoisotopic (exact) mass is 890 g/mol. The summed E-state index contributed by atoms with van der Waals surface area (Å²) in [4.78, 5) is 62.2. The van der Waals surface area contributed by atoms with E-state index in [9.17, 15) is 24.0 Å². The maximum absolute atomic E-state index is 12.9. The van der Waals surface area contributed by atoms with Gasteiger partial charge in [-0.3, -0.25) is 5.32 Å². The number of ether oxygens (including phenoxy) is 6. The van der Waals surface area contributed by atoms with Crippen molar-refractivity contribution in [3.8, 4) is 0 Å².